The van der Waals surface area contributed by atoms with Crippen molar-refractivity contribution in [1.82, 2.24) is 4.57 Å². The van der Waals surface area contributed by atoms with Crippen molar-refractivity contribution >= 4 is 27.5 Å². The molecule has 1 amide bonds. The van der Waals surface area contributed by atoms with Gasteiger partial charge in [0.2, 0.25) is 0 Å². The van der Waals surface area contributed by atoms with Gasteiger partial charge in [-0.1, -0.05) is 41.7 Å². The number of benzene rings is 3. The number of nitrogens with zero attached hydrogens (tertiary/aromatic N) is 2. The highest BCUT2D eigenvalue weighted by molar-refractivity contribution is 7.16. The van der Waals surface area contributed by atoms with Crippen LogP contribution in [-0.2, 0) is 11.3 Å². The smallest absolute Gasteiger partial charge is 0.283 e. The first-order chi connectivity index (χ1) is 15.2. The van der Waals surface area contributed by atoms with Crippen molar-refractivity contribution in [2.75, 3.05) is 13.2 Å². The van der Waals surface area contributed by atoms with Crippen molar-refractivity contribution < 1.29 is 18.7 Å². The van der Waals surface area contributed by atoms with Crippen LogP contribution in [0.15, 0.2) is 77.8 Å². The quantitative estimate of drug-likeness (QED) is 0.364. The van der Waals surface area contributed by atoms with E-state index < -0.39 is 5.91 Å². The van der Waals surface area contributed by atoms with E-state index in [-0.39, 0.29) is 5.82 Å². The maximum Gasteiger partial charge on any atom is 0.283 e. The van der Waals surface area contributed by atoms with E-state index in [0.717, 1.165) is 10.2 Å². The third-order valence-electron chi connectivity index (χ3n) is 4.59. The summed E-state index contributed by atoms with van der Waals surface area (Å²) in [6.07, 6.45) is 0. The summed E-state index contributed by atoms with van der Waals surface area (Å²) in [5.74, 6) is 0.302. The van der Waals surface area contributed by atoms with Gasteiger partial charge in [-0.25, -0.2) is 4.39 Å². The minimum absolute atomic E-state index is 0.329. The minimum Gasteiger partial charge on any atom is -0.457 e. The lowest BCUT2D eigenvalue weighted by molar-refractivity contribution is 0.0994. The van der Waals surface area contributed by atoms with Gasteiger partial charge in [0.05, 0.1) is 22.4 Å². The number of hydrogen-bond donors (Lipinski definition) is 0. The monoisotopic (exact) mass is 436 g/mol. The van der Waals surface area contributed by atoms with Crippen LogP contribution in [0.2, 0.25) is 0 Å². The Labute approximate surface area is 183 Å². The molecule has 0 unspecified atom stereocenters. The van der Waals surface area contributed by atoms with Crippen LogP contribution < -0.4 is 9.54 Å². The van der Waals surface area contributed by atoms with Gasteiger partial charge in [-0.15, -0.1) is 0 Å². The fraction of sp³-hybridized carbons (Fsp3) is 0.167. The van der Waals surface area contributed by atoms with Crippen LogP contribution in [0.3, 0.4) is 0 Å². The number of halogens is 1. The van der Waals surface area contributed by atoms with Crippen LogP contribution in [0.25, 0.3) is 10.2 Å². The molecule has 0 saturated heterocycles. The standard InChI is InChI=1S/C24H21FN2O3S/c1-2-29-15-14-27-20-13-12-17(25)16-22(20)31-24(27)26-23(28)19-10-6-7-11-21(19)30-18-8-4-3-5-9-18/h3-13,16H,2,14-15H2,1H3. The highest BCUT2D eigenvalue weighted by Crippen LogP contribution is 2.26. The average molecular weight is 437 g/mol. The summed E-state index contributed by atoms with van der Waals surface area (Å²) in [5.41, 5.74) is 1.16. The largest absolute Gasteiger partial charge is 0.457 e. The molecule has 158 valence electrons. The Kier molecular flexibility index (Phi) is 6.54. The number of carbonyl (C=O) groups excluding carboxylic acids is 1. The first kappa shape index (κ1) is 21.0. The van der Waals surface area contributed by atoms with Gasteiger partial charge >= 0.3 is 0 Å². The number of para-hydroxylation sites is 2. The molecule has 4 aromatic rings. The van der Waals surface area contributed by atoms with E-state index in [1.165, 1.54) is 23.5 Å². The fourth-order valence-corrected chi connectivity index (χ4v) is 4.22. The topological polar surface area (TPSA) is 52.8 Å². The van der Waals surface area contributed by atoms with E-state index in [1.807, 2.05) is 41.8 Å². The molecule has 4 rings (SSSR count). The van der Waals surface area contributed by atoms with E-state index >= 15 is 0 Å². The van der Waals surface area contributed by atoms with Gasteiger partial charge in [-0.2, -0.15) is 4.99 Å². The Morgan fingerprint density at radius 1 is 1.06 bits per heavy atom. The highest BCUT2D eigenvalue weighted by Gasteiger charge is 2.14. The molecule has 0 N–H and O–H groups in total. The van der Waals surface area contributed by atoms with Gasteiger partial charge < -0.3 is 14.0 Å². The molecule has 1 aromatic heterocycles. The summed E-state index contributed by atoms with van der Waals surface area (Å²) in [6, 6.07) is 20.8. The molecule has 31 heavy (non-hydrogen) atoms. The van der Waals surface area contributed by atoms with E-state index in [2.05, 4.69) is 4.99 Å². The zero-order valence-electron chi connectivity index (χ0n) is 17.0. The second kappa shape index (κ2) is 9.68. The minimum atomic E-state index is -0.427. The molecular weight excluding hydrogens is 415 g/mol. The summed E-state index contributed by atoms with van der Waals surface area (Å²) in [6.45, 7) is 3.49. The van der Waals surface area contributed by atoms with Gasteiger partial charge in [-0.05, 0) is 49.4 Å². The number of hydrogen-bond acceptors (Lipinski definition) is 4. The normalized spacial score (nSPS) is 11.7. The molecule has 5 nitrogen and oxygen atoms in total. The third kappa shape index (κ3) is 4.90. The van der Waals surface area contributed by atoms with Crippen molar-refractivity contribution in [2.45, 2.75) is 13.5 Å². The molecule has 3 aromatic carbocycles. The summed E-state index contributed by atoms with van der Waals surface area (Å²) < 4.78 is 27.7. The molecule has 1 heterocycles. The Morgan fingerprint density at radius 3 is 2.65 bits per heavy atom. The van der Waals surface area contributed by atoms with Crippen LogP contribution in [-0.4, -0.2) is 23.7 Å². The van der Waals surface area contributed by atoms with Gasteiger partial charge in [0.15, 0.2) is 4.80 Å². The zero-order valence-corrected chi connectivity index (χ0v) is 17.8. The zero-order chi connectivity index (χ0) is 21.6. The fourth-order valence-electron chi connectivity index (χ4n) is 3.14. The van der Waals surface area contributed by atoms with E-state index in [1.54, 1.807) is 30.3 Å². The molecule has 0 radical (unpaired) electrons. The number of aromatic nitrogens is 1. The first-order valence-electron chi connectivity index (χ1n) is 9.93. The Bertz CT molecular complexity index is 1260. The Morgan fingerprint density at radius 2 is 1.84 bits per heavy atom. The summed E-state index contributed by atoms with van der Waals surface area (Å²) in [5, 5.41) is 0. The molecule has 0 saturated carbocycles. The molecule has 0 aliphatic carbocycles. The summed E-state index contributed by atoms with van der Waals surface area (Å²) >= 11 is 1.27. The van der Waals surface area contributed by atoms with Crippen molar-refractivity contribution in [3.8, 4) is 11.5 Å². The number of ether oxygens (including phenoxy) is 2. The first-order valence-corrected chi connectivity index (χ1v) is 10.7. The maximum atomic E-state index is 13.7. The van der Waals surface area contributed by atoms with Crippen molar-refractivity contribution in [2.24, 2.45) is 4.99 Å². The van der Waals surface area contributed by atoms with Crippen LogP contribution >= 0.6 is 11.3 Å². The third-order valence-corrected chi connectivity index (χ3v) is 5.63. The molecular formula is C24H21FN2O3S. The van der Waals surface area contributed by atoms with E-state index in [9.17, 15) is 9.18 Å². The molecule has 0 aliphatic heterocycles. The second-order valence-corrected chi connectivity index (χ2v) is 7.68. The summed E-state index contributed by atoms with van der Waals surface area (Å²) in [7, 11) is 0. The SMILES string of the molecule is CCOCCn1c(=NC(=O)c2ccccc2Oc2ccccc2)sc2cc(F)ccc21. The number of thiazole rings is 1. The molecule has 0 bridgehead atoms. The van der Waals surface area contributed by atoms with Crippen LogP contribution in [0.4, 0.5) is 4.39 Å². The molecule has 0 aliphatic rings. The van der Waals surface area contributed by atoms with Crippen LogP contribution in [0, 0.1) is 5.82 Å². The maximum absolute atomic E-state index is 13.7. The number of rotatable bonds is 7. The van der Waals surface area contributed by atoms with E-state index in [0.29, 0.717) is 41.6 Å². The van der Waals surface area contributed by atoms with Gasteiger partial charge in [0.1, 0.15) is 17.3 Å². The average Bonchev–Trinajstić information content (AvgIpc) is 3.11. The molecule has 0 atom stereocenters. The number of amides is 1. The predicted octanol–water partition coefficient (Wildman–Crippen LogP) is 5.41. The molecule has 0 spiro atoms. The van der Waals surface area contributed by atoms with Crippen molar-refractivity contribution in [3.05, 3.63) is 89.0 Å². The predicted molar refractivity (Wildman–Crippen MR) is 119 cm³/mol. The lowest BCUT2D eigenvalue weighted by Gasteiger charge is -2.09. The van der Waals surface area contributed by atoms with E-state index in [4.69, 9.17) is 9.47 Å². The Balaban J connectivity index is 1.73. The van der Waals surface area contributed by atoms with Gasteiger partial charge in [-0.3, -0.25) is 4.79 Å². The number of carbonyl (C=O) groups is 1. The highest BCUT2D eigenvalue weighted by atomic mass is 32.1. The summed E-state index contributed by atoms with van der Waals surface area (Å²) in [4.78, 5) is 17.9. The van der Waals surface area contributed by atoms with Crippen molar-refractivity contribution in [3.63, 3.8) is 0 Å². The van der Waals surface area contributed by atoms with Crippen LogP contribution in [0.1, 0.15) is 17.3 Å². The van der Waals surface area contributed by atoms with Crippen molar-refractivity contribution in [1.29, 1.82) is 0 Å². The number of fused-ring (bicyclic) bond motifs is 1. The molecule has 7 heteroatoms. The molecule has 0 fully saturated rings. The van der Waals surface area contributed by atoms with Gasteiger partial charge in [0.25, 0.3) is 5.91 Å². The second-order valence-electron chi connectivity index (χ2n) is 6.67. The Hall–Kier alpha value is -3.29. The lowest BCUT2D eigenvalue weighted by atomic mass is 10.2. The van der Waals surface area contributed by atoms with Gasteiger partial charge in [0, 0.05) is 13.2 Å². The van der Waals surface area contributed by atoms with Crippen LogP contribution in [0.5, 0.6) is 11.5 Å². The lowest BCUT2D eigenvalue weighted by Crippen LogP contribution is -2.19.